The zero-order valence-electron chi connectivity index (χ0n) is 18.4. The summed E-state index contributed by atoms with van der Waals surface area (Å²) in [4.78, 5) is 39.7. The maximum atomic E-state index is 13.2. The van der Waals surface area contributed by atoms with E-state index in [1.54, 1.807) is 55.8 Å². The highest BCUT2D eigenvalue weighted by molar-refractivity contribution is 6.34. The van der Waals surface area contributed by atoms with Gasteiger partial charge in [0.2, 0.25) is 0 Å². The predicted molar refractivity (Wildman–Crippen MR) is 133 cm³/mol. The quantitative estimate of drug-likeness (QED) is 0.188. The Bertz CT molecular complexity index is 1460. The van der Waals surface area contributed by atoms with Crippen LogP contribution >= 0.6 is 11.6 Å². The second kappa shape index (κ2) is 10.1. The first-order valence-corrected chi connectivity index (χ1v) is 10.7. The van der Waals surface area contributed by atoms with Crippen molar-refractivity contribution in [3.8, 4) is 5.75 Å². The fourth-order valence-corrected chi connectivity index (χ4v) is 3.54. The largest absolute Gasteiger partial charge is 0.497 e. The number of aromatic amines is 1. The lowest BCUT2D eigenvalue weighted by molar-refractivity contribution is -0.384. The lowest BCUT2D eigenvalue weighted by Crippen LogP contribution is -2.30. The molecule has 35 heavy (non-hydrogen) atoms. The summed E-state index contributed by atoms with van der Waals surface area (Å²) < 4.78 is 5.29. The smallest absolute Gasteiger partial charge is 0.272 e. The molecule has 3 N–H and O–H groups in total. The Morgan fingerprint density at radius 1 is 1.09 bits per heavy atom. The maximum Gasteiger partial charge on any atom is 0.272 e. The summed E-state index contributed by atoms with van der Waals surface area (Å²) in [5.41, 5.74) is 1.46. The van der Waals surface area contributed by atoms with Gasteiger partial charge in [-0.05, 0) is 42.5 Å². The average Bonchev–Trinajstić information content (AvgIpc) is 3.27. The molecule has 0 saturated carbocycles. The molecule has 10 heteroatoms. The number of amides is 2. The van der Waals surface area contributed by atoms with Crippen LogP contribution in [-0.4, -0.2) is 28.8 Å². The third kappa shape index (κ3) is 5.31. The van der Waals surface area contributed by atoms with Gasteiger partial charge in [-0.2, -0.15) is 0 Å². The van der Waals surface area contributed by atoms with E-state index in [9.17, 15) is 19.7 Å². The third-order valence-electron chi connectivity index (χ3n) is 5.16. The number of nitrogens with zero attached hydrogens (tertiary/aromatic N) is 1. The molecule has 0 aliphatic rings. The van der Waals surface area contributed by atoms with Crippen molar-refractivity contribution in [2.75, 3.05) is 12.4 Å². The monoisotopic (exact) mass is 490 g/mol. The minimum Gasteiger partial charge on any atom is -0.497 e. The molecule has 9 nitrogen and oxygen atoms in total. The number of aromatic nitrogens is 1. The van der Waals surface area contributed by atoms with E-state index < -0.39 is 16.7 Å². The number of ether oxygens (including phenoxy) is 1. The van der Waals surface area contributed by atoms with Crippen LogP contribution in [-0.2, 0) is 4.79 Å². The fraction of sp³-hybridized carbons (Fsp3) is 0.0400. The second-order valence-corrected chi connectivity index (χ2v) is 7.82. The van der Waals surface area contributed by atoms with Gasteiger partial charge < -0.3 is 20.4 Å². The molecule has 4 aromatic rings. The number of nitro benzene ring substituents is 1. The van der Waals surface area contributed by atoms with Crippen molar-refractivity contribution in [1.29, 1.82) is 0 Å². The highest BCUT2D eigenvalue weighted by Gasteiger charge is 2.18. The maximum absolute atomic E-state index is 13.2. The normalized spacial score (nSPS) is 11.2. The number of nitrogens with one attached hydrogen (secondary N) is 3. The lowest BCUT2D eigenvalue weighted by atomic mass is 10.1. The van der Waals surface area contributed by atoms with Crippen LogP contribution in [0.5, 0.6) is 5.75 Å². The Hall–Kier alpha value is -4.63. The van der Waals surface area contributed by atoms with Gasteiger partial charge in [-0.25, -0.2) is 0 Å². The van der Waals surface area contributed by atoms with Crippen LogP contribution in [0.25, 0.3) is 17.0 Å². The van der Waals surface area contributed by atoms with Crippen LogP contribution in [0.2, 0.25) is 5.02 Å². The number of benzene rings is 3. The molecular weight excluding hydrogens is 472 g/mol. The van der Waals surface area contributed by atoms with E-state index in [0.29, 0.717) is 16.9 Å². The van der Waals surface area contributed by atoms with Crippen LogP contribution < -0.4 is 15.4 Å². The lowest BCUT2D eigenvalue weighted by Gasteiger charge is -2.12. The Morgan fingerprint density at radius 3 is 2.57 bits per heavy atom. The van der Waals surface area contributed by atoms with Crippen molar-refractivity contribution >= 4 is 51.8 Å². The van der Waals surface area contributed by atoms with E-state index >= 15 is 0 Å². The third-order valence-corrected chi connectivity index (χ3v) is 5.49. The van der Waals surface area contributed by atoms with E-state index in [0.717, 1.165) is 17.0 Å². The first-order chi connectivity index (χ1) is 16.9. The minimum atomic E-state index is -0.714. The Labute approximate surface area is 204 Å². The highest BCUT2D eigenvalue weighted by atomic mass is 35.5. The van der Waals surface area contributed by atoms with E-state index in [1.807, 2.05) is 6.07 Å². The molecule has 0 fully saturated rings. The average molecular weight is 491 g/mol. The number of rotatable bonds is 7. The minimum absolute atomic E-state index is 0.0336. The predicted octanol–water partition coefficient (Wildman–Crippen LogP) is 5.15. The van der Waals surface area contributed by atoms with E-state index in [4.69, 9.17) is 16.3 Å². The van der Waals surface area contributed by atoms with Crippen LogP contribution in [0, 0.1) is 10.1 Å². The van der Waals surface area contributed by atoms with Gasteiger partial charge in [0, 0.05) is 40.4 Å². The van der Waals surface area contributed by atoms with E-state index in [1.165, 1.54) is 18.2 Å². The van der Waals surface area contributed by atoms with Gasteiger partial charge >= 0.3 is 0 Å². The van der Waals surface area contributed by atoms with Crippen LogP contribution in [0.1, 0.15) is 15.9 Å². The molecule has 0 bridgehead atoms. The Morgan fingerprint density at radius 2 is 1.86 bits per heavy atom. The molecule has 0 radical (unpaired) electrons. The molecular formula is C25H19ClN4O5. The number of hydrogen-bond donors (Lipinski definition) is 3. The first kappa shape index (κ1) is 23.5. The van der Waals surface area contributed by atoms with E-state index in [2.05, 4.69) is 15.6 Å². The number of carbonyl (C=O) groups is 2. The molecule has 1 aromatic heterocycles. The topological polar surface area (TPSA) is 126 Å². The van der Waals surface area contributed by atoms with Gasteiger partial charge in [-0.3, -0.25) is 19.7 Å². The van der Waals surface area contributed by atoms with Gasteiger partial charge in [-0.15, -0.1) is 0 Å². The number of halogens is 1. The molecule has 4 rings (SSSR count). The molecule has 0 aliphatic carbocycles. The molecule has 0 saturated heterocycles. The summed E-state index contributed by atoms with van der Waals surface area (Å²) >= 11 is 6.14. The number of H-pyrrole nitrogens is 1. The van der Waals surface area contributed by atoms with Gasteiger partial charge in [0.1, 0.15) is 11.4 Å². The van der Waals surface area contributed by atoms with Crippen LogP contribution in [0.15, 0.2) is 78.6 Å². The standard InChI is InChI=1S/C25H19ClN4O5/c1-35-18-8-10-21-19(13-18)16(14-27-21)11-23(29-24(31)15-5-3-2-4-6-15)25(32)28-22-12-17(30(33)34)7-9-20(22)26/h2-14,27H,1H3,(H,28,32)(H,29,31)/b23-11+. The van der Waals surface area contributed by atoms with Gasteiger partial charge in [0.15, 0.2) is 0 Å². The molecule has 176 valence electrons. The molecule has 2 amide bonds. The summed E-state index contributed by atoms with van der Waals surface area (Å²) in [5, 5.41) is 17.2. The van der Waals surface area contributed by atoms with E-state index in [-0.39, 0.29) is 22.1 Å². The van der Waals surface area contributed by atoms with Crippen LogP contribution in [0.4, 0.5) is 11.4 Å². The van der Waals surface area contributed by atoms with Gasteiger partial charge in [0.05, 0.1) is 22.7 Å². The molecule has 1 heterocycles. The highest BCUT2D eigenvalue weighted by Crippen LogP contribution is 2.28. The van der Waals surface area contributed by atoms with Gasteiger partial charge in [-0.1, -0.05) is 29.8 Å². The number of anilines is 1. The van der Waals surface area contributed by atoms with Gasteiger partial charge in [0.25, 0.3) is 17.5 Å². The number of carbonyl (C=O) groups excluding carboxylic acids is 2. The van der Waals surface area contributed by atoms with Crippen molar-refractivity contribution in [1.82, 2.24) is 10.3 Å². The fourth-order valence-electron chi connectivity index (χ4n) is 3.38. The summed E-state index contributed by atoms with van der Waals surface area (Å²) in [6.45, 7) is 0. The second-order valence-electron chi connectivity index (χ2n) is 7.41. The molecule has 3 aromatic carbocycles. The van der Waals surface area contributed by atoms with Crippen molar-refractivity contribution < 1.29 is 19.2 Å². The van der Waals surface area contributed by atoms with Crippen molar-refractivity contribution in [3.63, 3.8) is 0 Å². The summed E-state index contributed by atoms with van der Waals surface area (Å²) in [7, 11) is 1.55. The molecule has 0 spiro atoms. The zero-order valence-corrected chi connectivity index (χ0v) is 19.1. The Kier molecular flexibility index (Phi) is 6.79. The summed E-state index contributed by atoms with van der Waals surface area (Å²) in [6.07, 6.45) is 3.19. The number of hydrogen-bond acceptors (Lipinski definition) is 5. The zero-order chi connectivity index (χ0) is 24.9. The first-order valence-electron chi connectivity index (χ1n) is 10.3. The molecule has 0 aliphatic heterocycles. The number of nitro groups is 1. The van der Waals surface area contributed by atoms with Crippen LogP contribution in [0.3, 0.4) is 0 Å². The van der Waals surface area contributed by atoms with Crippen molar-refractivity contribution in [3.05, 3.63) is 105 Å². The van der Waals surface area contributed by atoms with Crippen molar-refractivity contribution in [2.45, 2.75) is 0 Å². The summed E-state index contributed by atoms with van der Waals surface area (Å²) in [5.74, 6) is -0.599. The van der Waals surface area contributed by atoms with Crippen molar-refractivity contribution in [2.24, 2.45) is 0 Å². The SMILES string of the molecule is COc1ccc2[nH]cc(/C=C(/NC(=O)c3ccccc3)C(=O)Nc3cc([N+](=O)[O-])ccc3Cl)c2c1. The number of non-ortho nitro benzene ring substituents is 1. The summed E-state index contributed by atoms with van der Waals surface area (Å²) in [6, 6.07) is 17.5. The number of fused-ring (bicyclic) bond motifs is 1. The number of methoxy groups -OCH3 is 1. The Balaban J connectivity index is 1.73. The molecule has 0 unspecified atom stereocenters. The molecule has 0 atom stereocenters.